The van der Waals surface area contributed by atoms with Gasteiger partial charge in [-0.25, -0.2) is 0 Å². The fourth-order valence-corrected chi connectivity index (χ4v) is 1.86. The minimum absolute atomic E-state index is 0.0391. The third-order valence-electron chi connectivity index (χ3n) is 2.70. The van der Waals surface area contributed by atoms with E-state index in [0.717, 1.165) is 12.8 Å². The Hall–Kier alpha value is -1.41. The number of Topliss-reactive ketones (excluding diaryl/α,β-unsaturated/α-hetero) is 1. The van der Waals surface area contributed by atoms with Crippen LogP contribution in [0.15, 0.2) is 42.0 Å². The first kappa shape index (κ1) is 10.1. The fourth-order valence-electron chi connectivity index (χ4n) is 1.86. The molecule has 0 radical (unpaired) electrons. The monoisotopic (exact) mass is 202 g/mol. The fraction of sp³-hybridized carbons (Fsp3) is 0.308. The maximum Gasteiger partial charge on any atom is 0.191 e. The SMILES string of the molecule is O=C(C1=CCCC[C@H]1O)c1ccccc1. The number of hydrogen-bond acceptors (Lipinski definition) is 2. The topological polar surface area (TPSA) is 37.3 Å². The molecule has 0 saturated heterocycles. The van der Waals surface area contributed by atoms with Crippen LogP contribution in [0.2, 0.25) is 0 Å². The number of rotatable bonds is 2. The highest BCUT2D eigenvalue weighted by Gasteiger charge is 2.21. The highest BCUT2D eigenvalue weighted by atomic mass is 16.3. The molecule has 2 rings (SSSR count). The van der Waals surface area contributed by atoms with Crippen LogP contribution in [-0.4, -0.2) is 17.0 Å². The molecule has 15 heavy (non-hydrogen) atoms. The van der Waals surface area contributed by atoms with Crippen molar-refractivity contribution in [2.24, 2.45) is 0 Å². The molecule has 0 fully saturated rings. The zero-order valence-electron chi connectivity index (χ0n) is 8.52. The van der Waals surface area contributed by atoms with Crippen LogP contribution in [-0.2, 0) is 0 Å². The Kier molecular flexibility index (Phi) is 2.97. The van der Waals surface area contributed by atoms with Gasteiger partial charge in [-0.2, -0.15) is 0 Å². The van der Waals surface area contributed by atoms with E-state index >= 15 is 0 Å². The van der Waals surface area contributed by atoms with Gasteiger partial charge in [-0.05, 0) is 19.3 Å². The summed E-state index contributed by atoms with van der Waals surface area (Å²) in [4.78, 5) is 12.0. The normalized spacial score (nSPS) is 20.9. The molecule has 0 saturated carbocycles. The van der Waals surface area contributed by atoms with E-state index in [0.29, 0.717) is 17.6 Å². The van der Waals surface area contributed by atoms with Crippen molar-refractivity contribution in [2.75, 3.05) is 0 Å². The molecule has 1 aliphatic carbocycles. The lowest BCUT2D eigenvalue weighted by Gasteiger charge is -2.18. The summed E-state index contributed by atoms with van der Waals surface area (Å²) in [6, 6.07) is 9.11. The second-order valence-electron chi connectivity index (χ2n) is 3.80. The van der Waals surface area contributed by atoms with Gasteiger partial charge in [-0.3, -0.25) is 4.79 Å². The van der Waals surface area contributed by atoms with Gasteiger partial charge in [0, 0.05) is 11.1 Å². The van der Waals surface area contributed by atoms with Crippen molar-refractivity contribution in [1.29, 1.82) is 0 Å². The van der Waals surface area contributed by atoms with E-state index in [4.69, 9.17) is 0 Å². The number of hydrogen-bond donors (Lipinski definition) is 1. The molecule has 1 aliphatic rings. The Morgan fingerprint density at radius 3 is 2.67 bits per heavy atom. The molecule has 1 aromatic carbocycles. The summed E-state index contributed by atoms with van der Waals surface area (Å²) in [5.74, 6) is -0.0391. The van der Waals surface area contributed by atoms with Crippen LogP contribution in [0.25, 0.3) is 0 Å². The summed E-state index contributed by atoms with van der Waals surface area (Å²) in [7, 11) is 0. The molecule has 2 nitrogen and oxygen atoms in total. The first-order valence-electron chi connectivity index (χ1n) is 5.27. The number of carbonyl (C=O) groups is 1. The third-order valence-corrected chi connectivity index (χ3v) is 2.70. The number of aliphatic hydroxyl groups excluding tert-OH is 1. The van der Waals surface area contributed by atoms with E-state index in [2.05, 4.69) is 0 Å². The van der Waals surface area contributed by atoms with Gasteiger partial charge in [0.1, 0.15) is 0 Å². The van der Waals surface area contributed by atoms with E-state index < -0.39 is 6.10 Å². The van der Waals surface area contributed by atoms with Crippen LogP contribution < -0.4 is 0 Å². The van der Waals surface area contributed by atoms with Crippen molar-refractivity contribution in [3.05, 3.63) is 47.5 Å². The highest BCUT2D eigenvalue weighted by molar-refractivity contribution is 6.09. The number of benzene rings is 1. The number of allylic oxidation sites excluding steroid dienone is 1. The van der Waals surface area contributed by atoms with Crippen LogP contribution in [0.3, 0.4) is 0 Å². The van der Waals surface area contributed by atoms with Crippen molar-refractivity contribution < 1.29 is 9.90 Å². The van der Waals surface area contributed by atoms with Crippen LogP contribution in [0.4, 0.5) is 0 Å². The van der Waals surface area contributed by atoms with E-state index in [9.17, 15) is 9.90 Å². The van der Waals surface area contributed by atoms with Crippen LogP contribution in [0.5, 0.6) is 0 Å². The molecule has 1 aromatic rings. The minimum Gasteiger partial charge on any atom is -0.388 e. The Labute approximate surface area is 89.2 Å². The van der Waals surface area contributed by atoms with Crippen molar-refractivity contribution in [3.8, 4) is 0 Å². The molecule has 0 aliphatic heterocycles. The first-order chi connectivity index (χ1) is 7.29. The lowest BCUT2D eigenvalue weighted by Crippen LogP contribution is -2.20. The van der Waals surface area contributed by atoms with Crippen molar-refractivity contribution >= 4 is 5.78 Å². The zero-order chi connectivity index (χ0) is 10.7. The molecule has 0 bridgehead atoms. The quantitative estimate of drug-likeness (QED) is 0.747. The van der Waals surface area contributed by atoms with Crippen LogP contribution in [0.1, 0.15) is 29.6 Å². The lowest BCUT2D eigenvalue weighted by atomic mass is 9.91. The number of ketones is 1. The Bertz CT molecular complexity index is 379. The van der Waals surface area contributed by atoms with E-state index in [-0.39, 0.29) is 5.78 Å². The molecular weight excluding hydrogens is 188 g/mol. The molecule has 78 valence electrons. The van der Waals surface area contributed by atoms with Gasteiger partial charge in [0.05, 0.1) is 6.10 Å². The van der Waals surface area contributed by atoms with Gasteiger partial charge < -0.3 is 5.11 Å². The summed E-state index contributed by atoms with van der Waals surface area (Å²) in [6.07, 6.45) is 3.84. The summed E-state index contributed by atoms with van der Waals surface area (Å²) >= 11 is 0. The van der Waals surface area contributed by atoms with Crippen molar-refractivity contribution in [3.63, 3.8) is 0 Å². The summed E-state index contributed by atoms with van der Waals surface area (Å²) < 4.78 is 0. The van der Waals surface area contributed by atoms with Crippen molar-refractivity contribution in [2.45, 2.75) is 25.4 Å². The number of aliphatic hydroxyl groups is 1. The van der Waals surface area contributed by atoms with Gasteiger partial charge in [0.15, 0.2) is 5.78 Å². The summed E-state index contributed by atoms with van der Waals surface area (Å²) in [6.45, 7) is 0. The second kappa shape index (κ2) is 4.41. The van der Waals surface area contributed by atoms with Gasteiger partial charge >= 0.3 is 0 Å². The van der Waals surface area contributed by atoms with E-state index in [1.165, 1.54) is 0 Å². The number of carbonyl (C=O) groups excluding carboxylic acids is 1. The van der Waals surface area contributed by atoms with Crippen molar-refractivity contribution in [1.82, 2.24) is 0 Å². The molecule has 0 aromatic heterocycles. The minimum atomic E-state index is -0.577. The highest BCUT2D eigenvalue weighted by Crippen LogP contribution is 2.21. The Morgan fingerprint density at radius 1 is 1.27 bits per heavy atom. The van der Waals surface area contributed by atoms with Gasteiger partial charge in [-0.15, -0.1) is 0 Å². The van der Waals surface area contributed by atoms with E-state index in [1.807, 2.05) is 24.3 Å². The maximum atomic E-state index is 12.0. The molecule has 1 N–H and O–H groups in total. The predicted octanol–water partition coefficient (Wildman–Crippen LogP) is 2.34. The molecule has 0 amide bonds. The molecule has 0 unspecified atom stereocenters. The Balaban J connectivity index is 2.25. The largest absolute Gasteiger partial charge is 0.388 e. The summed E-state index contributed by atoms with van der Waals surface area (Å²) in [5.41, 5.74) is 1.22. The summed E-state index contributed by atoms with van der Waals surface area (Å²) in [5, 5.41) is 9.71. The third kappa shape index (κ3) is 2.16. The smallest absolute Gasteiger partial charge is 0.191 e. The predicted molar refractivity (Wildman–Crippen MR) is 58.7 cm³/mol. The maximum absolute atomic E-state index is 12.0. The first-order valence-corrected chi connectivity index (χ1v) is 5.27. The lowest BCUT2D eigenvalue weighted by molar-refractivity contribution is 0.0975. The molecule has 1 atom stereocenters. The average Bonchev–Trinajstić information content (AvgIpc) is 2.30. The Morgan fingerprint density at radius 2 is 2.00 bits per heavy atom. The average molecular weight is 202 g/mol. The molecular formula is C13H14O2. The van der Waals surface area contributed by atoms with Crippen LogP contribution >= 0.6 is 0 Å². The standard InChI is InChI=1S/C13H14O2/c14-12-9-5-4-8-11(12)13(15)10-6-2-1-3-7-10/h1-3,6-8,12,14H,4-5,9H2/t12-/m1/s1. The van der Waals surface area contributed by atoms with Gasteiger partial charge in [0.2, 0.25) is 0 Å². The zero-order valence-corrected chi connectivity index (χ0v) is 8.52. The van der Waals surface area contributed by atoms with E-state index in [1.54, 1.807) is 12.1 Å². The molecule has 0 heterocycles. The van der Waals surface area contributed by atoms with Gasteiger partial charge in [0.25, 0.3) is 0 Å². The molecule has 2 heteroatoms. The van der Waals surface area contributed by atoms with Gasteiger partial charge in [-0.1, -0.05) is 36.4 Å². The van der Waals surface area contributed by atoms with Crippen LogP contribution in [0, 0.1) is 0 Å². The second-order valence-corrected chi connectivity index (χ2v) is 3.80. The molecule has 0 spiro atoms.